The lowest BCUT2D eigenvalue weighted by molar-refractivity contribution is 0.623. The molecule has 0 aliphatic heterocycles. The van der Waals surface area contributed by atoms with E-state index in [0.717, 1.165) is 0 Å². The molecular weight excluding hydrogens is 701 g/mol. The average Bonchev–Trinajstić information content (AvgIpc) is 3.24. The molecule has 0 amide bonds. The molecule has 0 unspecified atom stereocenters. The van der Waals surface area contributed by atoms with Crippen LogP contribution in [0.3, 0.4) is 0 Å². The summed E-state index contributed by atoms with van der Waals surface area (Å²) in [6.45, 7) is 11.9. The third kappa shape index (κ3) is 6.87. The minimum absolute atomic E-state index is 1.26. The largest absolute Gasteiger partial charge is 0.0806 e. The van der Waals surface area contributed by atoms with E-state index in [1.807, 2.05) is 0 Å². The molecule has 57 heavy (non-hydrogen) atoms. The molecule has 0 aliphatic rings. The molecule has 0 fully saturated rings. The molecule has 0 atom stereocenters. The van der Waals surface area contributed by atoms with Crippen LogP contribution in [-0.2, 0) is 0 Å². The van der Waals surface area contributed by atoms with Gasteiger partial charge in [0.1, 0.15) is 0 Å². The maximum Gasteiger partial charge on any atom is 0.0806 e. The van der Waals surface area contributed by atoms with Gasteiger partial charge in [0, 0.05) is 0 Å². The minimum atomic E-state index is -1.56. The van der Waals surface area contributed by atoms with E-state index < -0.39 is 8.07 Å². The first-order valence-corrected chi connectivity index (χ1v) is 24.5. The van der Waals surface area contributed by atoms with Crippen LogP contribution in [0.25, 0.3) is 87.2 Å². The maximum absolute atomic E-state index is 2.57. The highest BCUT2D eigenvalue weighted by molar-refractivity contribution is 6.89. The van der Waals surface area contributed by atoms with Crippen molar-refractivity contribution in [1.82, 2.24) is 0 Å². The third-order valence-electron chi connectivity index (χ3n) is 13.0. The van der Waals surface area contributed by atoms with Gasteiger partial charge in [0.05, 0.1) is 8.07 Å². The van der Waals surface area contributed by atoms with E-state index in [1.54, 1.807) is 5.19 Å². The van der Waals surface area contributed by atoms with Crippen molar-refractivity contribution in [2.75, 3.05) is 0 Å². The van der Waals surface area contributed by atoms with Crippen LogP contribution in [0.15, 0.2) is 152 Å². The quantitative estimate of drug-likeness (QED) is 0.0701. The maximum atomic E-state index is 2.57. The summed E-state index contributed by atoms with van der Waals surface area (Å²) >= 11 is 0. The summed E-state index contributed by atoms with van der Waals surface area (Å²) in [6.07, 6.45) is 8.17. The number of rotatable bonds is 11. The second kappa shape index (κ2) is 15.4. The van der Waals surface area contributed by atoms with Crippen LogP contribution in [0, 0.1) is 13.8 Å². The molecule has 9 aromatic carbocycles. The summed E-state index contributed by atoms with van der Waals surface area (Å²) in [5.74, 6) is 0. The van der Waals surface area contributed by atoms with Gasteiger partial charge in [-0.3, -0.25) is 0 Å². The Morgan fingerprint density at radius 1 is 0.386 bits per heavy atom. The van der Waals surface area contributed by atoms with Crippen molar-refractivity contribution in [3.05, 3.63) is 163 Å². The second-order valence-corrected chi connectivity index (χ2v) is 22.0. The molecule has 0 nitrogen and oxygen atoms in total. The van der Waals surface area contributed by atoms with Crippen LogP contribution >= 0.6 is 0 Å². The fourth-order valence-electron chi connectivity index (χ4n) is 9.61. The van der Waals surface area contributed by atoms with Gasteiger partial charge in [0.15, 0.2) is 0 Å². The Bertz CT molecular complexity index is 2950. The molecule has 282 valence electrons. The number of unbranched alkanes of at least 4 members (excludes halogenated alkanes) is 5. The normalized spacial score (nSPS) is 12.1. The summed E-state index contributed by atoms with van der Waals surface area (Å²) < 4.78 is 0. The Kier molecular flexibility index (Phi) is 10.1. The molecule has 0 aliphatic carbocycles. The topological polar surface area (TPSA) is 0 Å². The second-order valence-electron chi connectivity index (χ2n) is 17.2. The van der Waals surface area contributed by atoms with Gasteiger partial charge in [-0.15, -0.1) is 0 Å². The van der Waals surface area contributed by atoms with Crippen molar-refractivity contribution < 1.29 is 0 Å². The molecule has 0 bridgehead atoms. The lowest BCUT2D eigenvalue weighted by Gasteiger charge is -2.23. The summed E-state index contributed by atoms with van der Waals surface area (Å²) in [7, 11) is -1.56. The number of fused-ring (bicyclic) bond motifs is 5. The van der Waals surface area contributed by atoms with E-state index in [-0.39, 0.29) is 0 Å². The van der Waals surface area contributed by atoms with Crippen molar-refractivity contribution in [3.8, 4) is 33.4 Å². The Morgan fingerprint density at radius 2 is 0.877 bits per heavy atom. The predicted octanol–water partition coefficient (Wildman–Crippen LogP) is 16.3. The van der Waals surface area contributed by atoms with Gasteiger partial charge in [-0.05, 0) is 124 Å². The fraction of sp³-hybridized carbons (Fsp3) is 0.214. The number of benzene rings is 9. The molecule has 0 aromatic heterocycles. The van der Waals surface area contributed by atoms with Crippen molar-refractivity contribution in [2.45, 2.75) is 78.4 Å². The van der Waals surface area contributed by atoms with Crippen molar-refractivity contribution >= 4 is 67.1 Å². The van der Waals surface area contributed by atoms with Crippen molar-refractivity contribution in [3.63, 3.8) is 0 Å². The average molecular weight is 755 g/mol. The molecule has 0 saturated carbocycles. The molecule has 1 heteroatoms. The van der Waals surface area contributed by atoms with Gasteiger partial charge in [0.2, 0.25) is 0 Å². The number of hydrogen-bond donors (Lipinski definition) is 0. The van der Waals surface area contributed by atoms with Crippen LogP contribution in [0.4, 0.5) is 0 Å². The Morgan fingerprint density at radius 3 is 1.51 bits per heavy atom. The van der Waals surface area contributed by atoms with Gasteiger partial charge >= 0.3 is 0 Å². The number of hydrogen-bond acceptors (Lipinski definition) is 0. The molecule has 0 N–H and O–H groups in total. The van der Waals surface area contributed by atoms with Crippen molar-refractivity contribution in [2.24, 2.45) is 0 Å². The first-order chi connectivity index (χ1) is 27.8. The van der Waals surface area contributed by atoms with E-state index >= 15 is 0 Å². The smallest absolute Gasteiger partial charge is 0.0654 e. The highest BCUT2D eigenvalue weighted by Gasteiger charge is 2.24. The Labute approximate surface area is 340 Å². The van der Waals surface area contributed by atoms with E-state index in [4.69, 9.17) is 0 Å². The molecule has 0 saturated heterocycles. The zero-order chi connectivity index (χ0) is 39.1. The van der Waals surface area contributed by atoms with Gasteiger partial charge in [0.25, 0.3) is 0 Å². The summed E-state index contributed by atoms with van der Waals surface area (Å²) in [4.78, 5) is 0. The van der Waals surface area contributed by atoms with Gasteiger partial charge in [-0.2, -0.15) is 0 Å². The Hall–Kier alpha value is -5.50. The molecule has 0 spiro atoms. The summed E-state index contributed by atoms with van der Waals surface area (Å²) in [6, 6.07) is 59.4. The molecule has 9 rings (SSSR count). The monoisotopic (exact) mass is 754 g/mol. The van der Waals surface area contributed by atoms with E-state index in [1.165, 1.54) is 143 Å². The SMILES string of the molecule is CCCCCCCC[Si](C)(C)c1ccc2ccc(-c3ccc4c(-c5ccc(C)c6ccccc56)c5ccccc5c(-c5ccc(C)c6ccccc56)c4c3)cc2c1. The van der Waals surface area contributed by atoms with Crippen LogP contribution in [-0.4, -0.2) is 8.07 Å². The van der Waals surface area contributed by atoms with Crippen LogP contribution in [0.5, 0.6) is 0 Å². The van der Waals surface area contributed by atoms with Crippen molar-refractivity contribution in [1.29, 1.82) is 0 Å². The lowest BCUT2D eigenvalue weighted by Crippen LogP contribution is -2.40. The van der Waals surface area contributed by atoms with Crippen LogP contribution in [0.2, 0.25) is 19.1 Å². The zero-order valence-corrected chi connectivity index (χ0v) is 35.4. The molecule has 0 radical (unpaired) electrons. The van der Waals surface area contributed by atoms with Crippen LogP contribution in [0.1, 0.15) is 56.6 Å². The zero-order valence-electron chi connectivity index (χ0n) is 34.4. The summed E-state index contributed by atoms with van der Waals surface area (Å²) in [5.41, 5.74) is 10.3. The van der Waals surface area contributed by atoms with E-state index in [9.17, 15) is 0 Å². The van der Waals surface area contributed by atoms with E-state index in [2.05, 4.69) is 186 Å². The standard InChI is InChI=1S/C56H54Si/c1-6-7-8-9-10-17-34-57(4,5)44-30-28-40-26-27-41(35-43(40)36-44)42-29-33-53-54(37-42)56(52-32-25-39(3)46-19-12-14-21-48(46)52)50-23-16-15-22-49(50)55(53)51-31-24-38(2)45-18-11-13-20-47(45)51/h11-16,18-33,35-37H,6-10,17,34H2,1-5H3. The van der Waals surface area contributed by atoms with E-state index in [0.29, 0.717) is 0 Å². The van der Waals surface area contributed by atoms with Gasteiger partial charge in [-0.1, -0.05) is 209 Å². The first-order valence-electron chi connectivity index (χ1n) is 21.3. The van der Waals surface area contributed by atoms with Crippen LogP contribution < -0.4 is 5.19 Å². The minimum Gasteiger partial charge on any atom is -0.0654 e. The fourth-order valence-corrected chi connectivity index (χ4v) is 12.1. The highest BCUT2D eigenvalue weighted by atomic mass is 28.3. The van der Waals surface area contributed by atoms with Gasteiger partial charge in [-0.25, -0.2) is 0 Å². The molecule has 9 aromatic rings. The lowest BCUT2D eigenvalue weighted by atomic mass is 9.82. The first kappa shape index (κ1) is 37.1. The Balaban J connectivity index is 1.25. The summed E-state index contributed by atoms with van der Waals surface area (Å²) in [5, 5.41) is 14.6. The molecule has 0 heterocycles. The number of aryl methyl sites for hydroxylation is 2. The molecular formula is C56H54Si. The predicted molar refractivity (Wildman–Crippen MR) is 255 cm³/mol. The third-order valence-corrected chi connectivity index (χ3v) is 16.4. The van der Waals surface area contributed by atoms with Gasteiger partial charge < -0.3 is 0 Å². The highest BCUT2D eigenvalue weighted by Crippen LogP contribution is 2.48.